The van der Waals surface area contributed by atoms with E-state index in [0.29, 0.717) is 31.2 Å². The maximum atomic E-state index is 11.0. The highest BCUT2D eigenvalue weighted by Gasteiger charge is 2.01. The van der Waals surface area contributed by atoms with Crippen LogP contribution in [0, 0.1) is 0 Å². The molecule has 6 heteroatoms. The number of ether oxygens (including phenoxy) is 1. The minimum absolute atomic E-state index is 0.234. The molecule has 0 saturated carbocycles. The average molecular weight is 210 g/mol. The summed E-state index contributed by atoms with van der Waals surface area (Å²) in [6.45, 7) is 2.63. The van der Waals surface area contributed by atoms with Crippen molar-refractivity contribution in [2.24, 2.45) is 0 Å². The van der Waals surface area contributed by atoms with Gasteiger partial charge in [0.2, 0.25) is 0 Å². The van der Waals surface area contributed by atoms with Gasteiger partial charge in [-0.1, -0.05) is 0 Å². The van der Waals surface area contributed by atoms with Gasteiger partial charge in [0.1, 0.15) is 11.6 Å². The highest BCUT2D eigenvalue weighted by atomic mass is 16.5. The monoisotopic (exact) mass is 210 g/mol. The summed E-state index contributed by atoms with van der Waals surface area (Å²) in [4.78, 5) is 18.8. The Hall–Kier alpha value is -1.85. The normalized spacial score (nSPS) is 9.67. The first-order valence-corrected chi connectivity index (χ1v) is 4.69. The van der Waals surface area contributed by atoms with Crippen molar-refractivity contribution in [3.8, 4) is 0 Å². The molecule has 0 bridgehead atoms. The zero-order valence-corrected chi connectivity index (χ0v) is 8.56. The molecule has 82 valence electrons. The second kappa shape index (κ2) is 5.79. The number of hydrogen-bond donors (Lipinski definition) is 2. The minimum Gasteiger partial charge on any atom is -0.466 e. The van der Waals surface area contributed by atoms with E-state index in [4.69, 9.17) is 10.5 Å². The van der Waals surface area contributed by atoms with Crippen molar-refractivity contribution in [1.29, 1.82) is 0 Å². The van der Waals surface area contributed by atoms with E-state index in [1.807, 2.05) is 0 Å². The number of hydrogen-bond acceptors (Lipinski definition) is 6. The molecule has 1 aromatic heterocycles. The van der Waals surface area contributed by atoms with Gasteiger partial charge in [-0.2, -0.15) is 0 Å². The summed E-state index contributed by atoms with van der Waals surface area (Å²) in [5.74, 6) is 0.664. The van der Waals surface area contributed by atoms with Crippen LogP contribution in [0.4, 0.5) is 11.6 Å². The number of esters is 1. The molecule has 0 aliphatic rings. The van der Waals surface area contributed by atoms with E-state index >= 15 is 0 Å². The summed E-state index contributed by atoms with van der Waals surface area (Å²) in [6, 6.07) is 0. The van der Waals surface area contributed by atoms with E-state index in [1.54, 1.807) is 13.1 Å². The van der Waals surface area contributed by atoms with Gasteiger partial charge >= 0.3 is 5.97 Å². The largest absolute Gasteiger partial charge is 0.466 e. The predicted octanol–water partition coefficient (Wildman–Crippen LogP) is 0.424. The Bertz CT molecular complexity index is 330. The lowest BCUT2D eigenvalue weighted by molar-refractivity contribution is -0.142. The Labute approximate surface area is 87.9 Å². The van der Waals surface area contributed by atoms with Gasteiger partial charge in [0.15, 0.2) is 0 Å². The number of nitrogens with one attached hydrogen (secondary N) is 1. The fourth-order valence-electron chi connectivity index (χ4n) is 0.992. The van der Waals surface area contributed by atoms with Gasteiger partial charge in [-0.15, -0.1) is 0 Å². The van der Waals surface area contributed by atoms with Crippen molar-refractivity contribution >= 4 is 17.6 Å². The van der Waals surface area contributed by atoms with Crippen LogP contribution < -0.4 is 11.1 Å². The van der Waals surface area contributed by atoms with Crippen LogP contribution in [0.2, 0.25) is 0 Å². The maximum Gasteiger partial charge on any atom is 0.307 e. The molecule has 0 radical (unpaired) electrons. The molecule has 6 nitrogen and oxygen atoms in total. The number of carbonyl (C=O) groups is 1. The predicted molar refractivity (Wildman–Crippen MR) is 56.2 cm³/mol. The lowest BCUT2D eigenvalue weighted by Crippen LogP contribution is -2.12. The number of nitrogen functional groups attached to an aromatic ring is 1. The van der Waals surface area contributed by atoms with E-state index in [9.17, 15) is 4.79 Å². The van der Waals surface area contributed by atoms with Crippen molar-refractivity contribution in [3.63, 3.8) is 0 Å². The van der Waals surface area contributed by atoms with E-state index in [1.165, 1.54) is 6.20 Å². The summed E-state index contributed by atoms with van der Waals surface area (Å²) in [7, 11) is 0. The zero-order valence-electron chi connectivity index (χ0n) is 8.56. The van der Waals surface area contributed by atoms with Crippen LogP contribution in [0.5, 0.6) is 0 Å². The second-order valence-corrected chi connectivity index (χ2v) is 2.81. The first kappa shape index (κ1) is 11.2. The van der Waals surface area contributed by atoms with Crippen LogP contribution in [0.25, 0.3) is 0 Å². The molecule has 3 N–H and O–H groups in total. The highest BCUT2D eigenvalue weighted by molar-refractivity contribution is 5.69. The summed E-state index contributed by atoms with van der Waals surface area (Å²) >= 11 is 0. The van der Waals surface area contributed by atoms with Gasteiger partial charge in [0.25, 0.3) is 0 Å². The second-order valence-electron chi connectivity index (χ2n) is 2.81. The maximum absolute atomic E-state index is 11.0. The van der Waals surface area contributed by atoms with Crippen LogP contribution in [0.15, 0.2) is 12.4 Å². The van der Waals surface area contributed by atoms with Gasteiger partial charge in [-0.25, -0.2) is 4.98 Å². The first-order chi connectivity index (χ1) is 7.22. The molecule has 0 saturated heterocycles. The van der Waals surface area contributed by atoms with Crippen molar-refractivity contribution in [3.05, 3.63) is 12.4 Å². The van der Waals surface area contributed by atoms with E-state index in [-0.39, 0.29) is 5.97 Å². The van der Waals surface area contributed by atoms with Crippen LogP contribution in [-0.2, 0) is 9.53 Å². The number of nitrogens with two attached hydrogens (primary N) is 1. The molecule has 0 fully saturated rings. The molecule has 1 rings (SSSR count). The molecule has 1 aromatic rings. The standard InChI is InChI=1S/C9H14N4O2/c1-2-15-9(14)3-4-12-8-6-11-5-7(10)13-8/h5-6H,2-4H2,1H3,(H3,10,12,13). The average Bonchev–Trinajstić information content (AvgIpc) is 2.18. The lowest BCUT2D eigenvalue weighted by atomic mass is 10.4. The lowest BCUT2D eigenvalue weighted by Gasteiger charge is -2.04. The van der Waals surface area contributed by atoms with Crippen LogP contribution in [0.3, 0.4) is 0 Å². The Morgan fingerprint density at radius 3 is 3.07 bits per heavy atom. The number of carbonyl (C=O) groups excluding carboxylic acids is 1. The molecule has 0 unspecified atom stereocenters. The van der Waals surface area contributed by atoms with Crippen molar-refractivity contribution < 1.29 is 9.53 Å². The molecule has 0 amide bonds. The van der Waals surface area contributed by atoms with E-state index in [0.717, 1.165) is 0 Å². The zero-order chi connectivity index (χ0) is 11.1. The topological polar surface area (TPSA) is 90.1 Å². The van der Waals surface area contributed by atoms with E-state index < -0.39 is 0 Å². The fourth-order valence-corrected chi connectivity index (χ4v) is 0.992. The third-order valence-corrected chi connectivity index (χ3v) is 1.59. The number of rotatable bonds is 5. The summed E-state index contributed by atoms with van der Waals surface area (Å²) in [6.07, 6.45) is 3.29. The van der Waals surface area contributed by atoms with Gasteiger partial charge < -0.3 is 15.8 Å². The molecule has 0 spiro atoms. The first-order valence-electron chi connectivity index (χ1n) is 4.69. The van der Waals surface area contributed by atoms with Gasteiger partial charge in [0.05, 0.1) is 25.4 Å². The summed E-state index contributed by atoms with van der Waals surface area (Å²) < 4.78 is 4.76. The summed E-state index contributed by atoms with van der Waals surface area (Å²) in [5, 5.41) is 2.92. The third kappa shape index (κ3) is 4.26. The van der Waals surface area contributed by atoms with Crippen LogP contribution in [-0.4, -0.2) is 29.1 Å². The molecular weight excluding hydrogens is 196 g/mol. The Morgan fingerprint density at radius 2 is 2.40 bits per heavy atom. The Balaban J connectivity index is 2.28. The molecule has 0 aliphatic carbocycles. The molecule has 0 aliphatic heterocycles. The Morgan fingerprint density at radius 1 is 1.60 bits per heavy atom. The molecule has 15 heavy (non-hydrogen) atoms. The van der Waals surface area contributed by atoms with Gasteiger partial charge in [-0.3, -0.25) is 9.78 Å². The van der Waals surface area contributed by atoms with Crippen LogP contribution >= 0.6 is 0 Å². The molecule has 0 aromatic carbocycles. The number of anilines is 2. The molecular formula is C9H14N4O2. The van der Waals surface area contributed by atoms with E-state index in [2.05, 4.69) is 15.3 Å². The van der Waals surface area contributed by atoms with Crippen molar-refractivity contribution in [1.82, 2.24) is 9.97 Å². The smallest absolute Gasteiger partial charge is 0.307 e. The number of aromatic nitrogens is 2. The Kier molecular flexibility index (Phi) is 4.33. The number of nitrogens with zero attached hydrogens (tertiary/aromatic N) is 2. The minimum atomic E-state index is -0.234. The quantitative estimate of drug-likeness (QED) is 0.685. The SMILES string of the molecule is CCOC(=O)CCNc1cncc(N)n1. The third-order valence-electron chi connectivity index (χ3n) is 1.59. The van der Waals surface area contributed by atoms with Gasteiger partial charge in [0, 0.05) is 6.54 Å². The highest BCUT2D eigenvalue weighted by Crippen LogP contribution is 2.02. The summed E-state index contributed by atoms with van der Waals surface area (Å²) in [5.41, 5.74) is 5.43. The molecule has 0 atom stereocenters. The fraction of sp³-hybridized carbons (Fsp3) is 0.444. The molecule has 1 heterocycles. The van der Waals surface area contributed by atoms with Crippen molar-refractivity contribution in [2.45, 2.75) is 13.3 Å². The van der Waals surface area contributed by atoms with Crippen molar-refractivity contribution in [2.75, 3.05) is 24.2 Å². The van der Waals surface area contributed by atoms with Crippen LogP contribution in [0.1, 0.15) is 13.3 Å². The van der Waals surface area contributed by atoms with Gasteiger partial charge in [-0.05, 0) is 6.92 Å².